The molecule has 2 N–H and O–H groups in total. The van der Waals surface area contributed by atoms with Crippen LogP contribution in [0.5, 0.6) is 0 Å². The van der Waals surface area contributed by atoms with Gasteiger partial charge in [0.05, 0.1) is 28.3 Å². The number of Topliss-reactive ketones (excluding diaryl/α,β-unsaturated/α-hetero) is 1. The summed E-state index contributed by atoms with van der Waals surface area (Å²) >= 11 is 1.06. The van der Waals surface area contributed by atoms with Crippen molar-refractivity contribution in [2.45, 2.75) is 19.8 Å². The lowest BCUT2D eigenvalue weighted by molar-refractivity contribution is -0.133. The van der Waals surface area contributed by atoms with E-state index in [1.165, 1.54) is 6.92 Å². The molecule has 0 amide bonds. The van der Waals surface area contributed by atoms with Gasteiger partial charge < -0.3 is 10.4 Å². The van der Waals surface area contributed by atoms with E-state index in [1.54, 1.807) is 6.92 Å². The van der Waals surface area contributed by atoms with Gasteiger partial charge in [0.15, 0.2) is 5.78 Å². The van der Waals surface area contributed by atoms with E-state index in [1.807, 2.05) is 30.3 Å². The minimum Gasteiger partial charge on any atom is -0.481 e. The van der Waals surface area contributed by atoms with Crippen molar-refractivity contribution >= 4 is 23.5 Å². The molecule has 0 aliphatic carbocycles. The number of hydrogen-bond donors (Lipinski definition) is 2. The maximum Gasteiger partial charge on any atom is 0.313 e. The number of hydrogen-bond acceptors (Lipinski definition) is 5. The van der Waals surface area contributed by atoms with Gasteiger partial charge in [-0.15, -0.1) is 0 Å². The Morgan fingerprint density at radius 2 is 2.00 bits per heavy atom. The smallest absolute Gasteiger partial charge is 0.313 e. The zero-order chi connectivity index (χ0) is 17.0. The second kappa shape index (κ2) is 7.16. The Bertz CT molecular complexity index is 745. The Hall–Kier alpha value is -2.52. The van der Waals surface area contributed by atoms with Gasteiger partial charge in [-0.25, -0.2) is 0 Å². The van der Waals surface area contributed by atoms with Gasteiger partial charge in [0.25, 0.3) is 0 Å². The number of nitrogens with one attached hydrogen (secondary N) is 1. The van der Waals surface area contributed by atoms with E-state index in [4.69, 9.17) is 5.11 Å². The van der Waals surface area contributed by atoms with E-state index in [2.05, 4.69) is 11.4 Å². The summed E-state index contributed by atoms with van der Waals surface area (Å²) in [6.07, 6.45) is 0. The SMILES string of the molecule is CC(=O)C1=C(C)NC(SCC(=O)O)=C(C#N)[C@H]1c1ccccc1. The number of ketones is 1. The third-order valence-corrected chi connectivity index (χ3v) is 4.50. The number of dihydropyridines is 1. The third kappa shape index (κ3) is 3.63. The topological polar surface area (TPSA) is 90.2 Å². The van der Waals surface area contributed by atoms with E-state index < -0.39 is 11.9 Å². The molecule has 1 aliphatic rings. The average molecular weight is 328 g/mol. The minimum atomic E-state index is -0.961. The highest BCUT2D eigenvalue weighted by molar-refractivity contribution is 8.03. The van der Waals surface area contributed by atoms with Gasteiger partial charge in [0.2, 0.25) is 0 Å². The van der Waals surface area contributed by atoms with Gasteiger partial charge in [-0.1, -0.05) is 42.1 Å². The molecule has 0 saturated heterocycles. The first-order valence-corrected chi connectivity index (χ1v) is 7.96. The highest BCUT2D eigenvalue weighted by Crippen LogP contribution is 2.40. The van der Waals surface area contributed by atoms with Crippen LogP contribution in [0.2, 0.25) is 0 Å². The summed E-state index contributed by atoms with van der Waals surface area (Å²) in [6, 6.07) is 11.4. The Morgan fingerprint density at radius 1 is 1.35 bits per heavy atom. The first-order chi connectivity index (χ1) is 11.0. The van der Waals surface area contributed by atoms with Gasteiger partial charge in [-0.3, -0.25) is 9.59 Å². The second-order valence-electron chi connectivity index (χ2n) is 5.10. The van der Waals surface area contributed by atoms with E-state index in [-0.39, 0.29) is 11.5 Å². The molecule has 5 nitrogen and oxygen atoms in total. The third-order valence-electron chi connectivity index (χ3n) is 3.50. The highest BCUT2D eigenvalue weighted by Gasteiger charge is 2.32. The summed E-state index contributed by atoms with van der Waals surface area (Å²) in [7, 11) is 0. The lowest BCUT2D eigenvalue weighted by Crippen LogP contribution is -2.27. The molecule has 6 heteroatoms. The van der Waals surface area contributed by atoms with Crippen LogP contribution in [-0.2, 0) is 9.59 Å². The Morgan fingerprint density at radius 3 is 2.52 bits per heavy atom. The maximum absolute atomic E-state index is 12.1. The number of rotatable bonds is 5. The number of benzene rings is 1. The van der Waals surface area contributed by atoms with Crippen LogP contribution < -0.4 is 5.32 Å². The molecule has 118 valence electrons. The molecule has 0 spiro atoms. The number of carboxylic acids is 1. The average Bonchev–Trinajstić information content (AvgIpc) is 2.52. The Labute approximate surface area is 138 Å². The van der Waals surface area contributed by atoms with Crippen molar-refractivity contribution in [3.63, 3.8) is 0 Å². The molecular formula is C17H16N2O3S. The summed E-state index contributed by atoms with van der Waals surface area (Å²) in [5, 5.41) is 22.0. The van der Waals surface area contributed by atoms with Gasteiger partial charge in [0.1, 0.15) is 0 Å². The molecule has 1 aromatic carbocycles. The van der Waals surface area contributed by atoms with Crippen molar-refractivity contribution in [1.29, 1.82) is 5.26 Å². The first-order valence-electron chi connectivity index (χ1n) is 6.98. The molecule has 0 bridgehead atoms. The maximum atomic E-state index is 12.1. The van der Waals surface area contributed by atoms with Gasteiger partial charge in [0, 0.05) is 11.3 Å². The van der Waals surface area contributed by atoms with Crippen LogP contribution in [0, 0.1) is 11.3 Å². The highest BCUT2D eigenvalue weighted by atomic mass is 32.2. The summed E-state index contributed by atoms with van der Waals surface area (Å²) < 4.78 is 0. The quantitative estimate of drug-likeness (QED) is 0.864. The number of aliphatic carboxylic acids is 1. The zero-order valence-corrected chi connectivity index (χ0v) is 13.6. The standard InChI is InChI=1S/C17H16N2O3S/c1-10-15(11(2)20)16(12-6-4-3-5-7-12)13(8-18)17(19-10)23-9-14(21)22/h3-7,16,19H,9H2,1-2H3,(H,21,22)/t16-/m1/s1. The fourth-order valence-electron chi connectivity index (χ4n) is 2.61. The molecule has 0 fully saturated rings. The molecule has 0 aromatic heterocycles. The minimum absolute atomic E-state index is 0.112. The van der Waals surface area contributed by atoms with E-state index in [0.717, 1.165) is 17.3 Å². The molecule has 0 saturated carbocycles. The first kappa shape index (κ1) is 16.8. The number of nitriles is 1. The van der Waals surface area contributed by atoms with Gasteiger partial charge in [-0.05, 0) is 19.4 Å². The molecule has 1 heterocycles. The number of thioether (sulfide) groups is 1. The molecule has 1 atom stereocenters. The van der Waals surface area contributed by atoms with Crippen LogP contribution in [0.3, 0.4) is 0 Å². The van der Waals surface area contributed by atoms with Crippen LogP contribution in [0.15, 0.2) is 52.2 Å². The van der Waals surface area contributed by atoms with Gasteiger partial charge in [-0.2, -0.15) is 5.26 Å². The molecular weight excluding hydrogens is 312 g/mol. The fourth-order valence-corrected chi connectivity index (χ4v) is 3.42. The van der Waals surface area contributed by atoms with Crippen molar-refractivity contribution in [3.8, 4) is 6.07 Å². The summed E-state index contributed by atoms with van der Waals surface area (Å²) in [5.74, 6) is -1.70. The predicted octanol–water partition coefficient (Wildman–Crippen LogP) is 2.79. The Balaban J connectivity index is 2.56. The summed E-state index contributed by atoms with van der Waals surface area (Å²) in [4.78, 5) is 22.9. The molecule has 0 radical (unpaired) electrons. The number of carboxylic acid groups (broad SMARTS) is 1. The van der Waals surface area contributed by atoms with Crippen molar-refractivity contribution in [1.82, 2.24) is 5.32 Å². The molecule has 1 aromatic rings. The molecule has 23 heavy (non-hydrogen) atoms. The lowest BCUT2D eigenvalue weighted by Gasteiger charge is -2.29. The molecule has 0 unspecified atom stereocenters. The van der Waals surface area contributed by atoms with Crippen LogP contribution in [-0.4, -0.2) is 22.6 Å². The number of allylic oxidation sites excluding steroid dienone is 3. The largest absolute Gasteiger partial charge is 0.481 e. The van der Waals surface area contributed by atoms with Crippen LogP contribution >= 0.6 is 11.8 Å². The van der Waals surface area contributed by atoms with Crippen molar-refractivity contribution in [2.24, 2.45) is 0 Å². The van der Waals surface area contributed by atoms with E-state index in [9.17, 15) is 14.9 Å². The normalized spacial score (nSPS) is 17.5. The number of carbonyl (C=O) groups excluding carboxylic acids is 1. The van der Waals surface area contributed by atoms with Crippen LogP contribution in [0.25, 0.3) is 0 Å². The molecule has 2 rings (SSSR count). The lowest BCUT2D eigenvalue weighted by atomic mass is 9.81. The van der Waals surface area contributed by atoms with E-state index >= 15 is 0 Å². The zero-order valence-electron chi connectivity index (χ0n) is 12.8. The summed E-state index contributed by atoms with van der Waals surface area (Å²) in [5.41, 5.74) is 2.40. The van der Waals surface area contributed by atoms with Crippen molar-refractivity contribution in [2.75, 3.05) is 5.75 Å². The number of nitrogens with zero attached hydrogens (tertiary/aromatic N) is 1. The molecule has 1 aliphatic heterocycles. The van der Waals surface area contributed by atoms with Crippen LogP contribution in [0.1, 0.15) is 25.3 Å². The number of carbonyl (C=O) groups is 2. The summed E-state index contributed by atoms with van der Waals surface area (Å²) in [6.45, 7) is 3.24. The van der Waals surface area contributed by atoms with Crippen LogP contribution in [0.4, 0.5) is 0 Å². The van der Waals surface area contributed by atoms with Crippen molar-refractivity contribution in [3.05, 3.63) is 57.8 Å². The van der Waals surface area contributed by atoms with E-state index in [0.29, 0.717) is 21.9 Å². The Kier molecular flexibility index (Phi) is 5.24. The second-order valence-corrected chi connectivity index (χ2v) is 6.09. The van der Waals surface area contributed by atoms with Crippen molar-refractivity contribution < 1.29 is 14.7 Å². The fraction of sp³-hybridized carbons (Fsp3) is 0.235. The predicted molar refractivity (Wildman–Crippen MR) is 88.4 cm³/mol. The van der Waals surface area contributed by atoms with Gasteiger partial charge >= 0.3 is 5.97 Å². The monoisotopic (exact) mass is 328 g/mol.